The Labute approximate surface area is 95.7 Å². The van der Waals surface area contributed by atoms with Crippen LogP contribution in [-0.4, -0.2) is 32.2 Å². The number of anilines is 1. The van der Waals surface area contributed by atoms with Crippen LogP contribution < -0.4 is 10.0 Å². The lowest BCUT2D eigenvalue weighted by Crippen LogP contribution is -2.35. The van der Waals surface area contributed by atoms with E-state index in [0.29, 0.717) is 5.69 Å². The molecule has 0 aliphatic carbocycles. The maximum atomic E-state index is 11.8. The molecule has 2 heterocycles. The van der Waals surface area contributed by atoms with Gasteiger partial charge in [-0.15, -0.1) is 0 Å². The molecule has 0 amide bonds. The Morgan fingerprint density at radius 3 is 3.00 bits per heavy atom. The maximum Gasteiger partial charge on any atom is 0.233 e. The number of hydrogen-bond acceptors (Lipinski definition) is 3. The third kappa shape index (κ3) is 3.24. The van der Waals surface area contributed by atoms with Gasteiger partial charge in [0.2, 0.25) is 10.0 Å². The minimum absolute atomic E-state index is 0.200. The monoisotopic (exact) mass is 243 g/mol. The topological polar surface area (TPSA) is 74.0 Å². The van der Waals surface area contributed by atoms with Gasteiger partial charge in [0.15, 0.2) is 0 Å². The van der Waals surface area contributed by atoms with Gasteiger partial charge in [0.1, 0.15) is 0 Å². The van der Waals surface area contributed by atoms with Crippen LogP contribution in [0.2, 0.25) is 0 Å². The van der Waals surface area contributed by atoms with Crippen molar-refractivity contribution in [2.45, 2.75) is 12.8 Å². The van der Waals surface area contributed by atoms with E-state index in [2.05, 4.69) is 15.0 Å². The van der Waals surface area contributed by atoms with Gasteiger partial charge in [0, 0.05) is 12.4 Å². The first-order valence-electron chi connectivity index (χ1n) is 5.50. The number of aromatic nitrogens is 1. The summed E-state index contributed by atoms with van der Waals surface area (Å²) in [4.78, 5) is 2.82. The van der Waals surface area contributed by atoms with Crippen LogP contribution in [-0.2, 0) is 10.0 Å². The molecule has 1 aliphatic heterocycles. The van der Waals surface area contributed by atoms with Crippen LogP contribution in [0, 0.1) is 5.92 Å². The maximum absolute atomic E-state index is 11.8. The first-order valence-corrected chi connectivity index (χ1v) is 7.15. The van der Waals surface area contributed by atoms with Gasteiger partial charge in [-0.3, -0.25) is 4.72 Å². The molecule has 0 saturated carbocycles. The van der Waals surface area contributed by atoms with Crippen LogP contribution in [0.25, 0.3) is 0 Å². The van der Waals surface area contributed by atoms with Gasteiger partial charge in [-0.2, -0.15) is 0 Å². The Morgan fingerprint density at radius 1 is 1.50 bits per heavy atom. The van der Waals surface area contributed by atoms with Crippen molar-refractivity contribution in [1.29, 1.82) is 0 Å². The fourth-order valence-corrected chi connectivity index (χ4v) is 3.46. The fraction of sp³-hybridized carbons (Fsp3) is 0.600. The molecule has 1 aromatic heterocycles. The second-order valence-electron chi connectivity index (χ2n) is 4.20. The number of H-pyrrole nitrogens is 1. The van der Waals surface area contributed by atoms with Crippen molar-refractivity contribution < 1.29 is 8.42 Å². The number of rotatable bonds is 4. The zero-order valence-corrected chi connectivity index (χ0v) is 9.89. The SMILES string of the molecule is O=S(=O)(CC1CCCNC1)Nc1cc[nH]c1. The Balaban J connectivity index is 1.92. The number of piperidine rings is 1. The predicted molar refractivity (Wildman–Crippen MR) is 63.8 cm³/mol. The Bertz CT molecular complexity index is 407. The van der Waals surface area contributed by atoms with E-state index < -0.39 is 10.0 Å². The van der Waals surface area contributed by atoms with Gasteiger partial charge >= 0.3 is 0 Å². The second kappa shape index (κ2) is 4.88. The fourth-order valence-electron chi connectivity index (χ4n) is 1.99. The van der Waals surface area contributed by atoms with Crippen LogP contribution >= 0.6 is 0 Å². The quantitative estimate of drug-likeness (QED) is 0.731. The zero-order chi connectivity index (χ0) is 11.4. The third-order valence-electron chi connectivity index (χ3n) is 2.73. The number of hydrogen-bond donors (Lipinski definition) is 3. The van der Waals surface area contributed by atoms with Crippen molar-refractivity contribution in [3.8, 4) is 0 Å². The van der Waals surface area contributed by atoms with Crippen LogP contribution in [0.15, 0.2) is 18.5 Å². The Hall–Kier alpha value is -1.01. The highest BCUT2D eigenvalue weighted by atomic mass is 32.2. The number of nitrogens with one attached hydrogen (secondary N) is 3. The van der Waals surface area contributed by atoms with E-state index in [9.17, 15) is 8.42 Å². The molecule has 1 aromatic rings. The summed E-state index contributed by atoms with van der Waals surface area (Å²) >= 11 is 0. The van der Waals surface area contributed by atoms with E-state index in [1.165, 1.54) is 0 Å². The van der Waals surface area contributed by atoms with Crippen LogP contribution in [0.4, 0.5) is 5.69 Å². The van der Waals surface area contributed by atoms with Crippen molar-refractivity contribution in [2.24, 2.45) is 5.92 Å². The van der Waals surface area contributed by atoms with Gasteiger partial charge in [0.25, 0.3) is 0 Å². The standard InChI is InChI=1S/C10H17N3O2S/c14-16(15,13-10-3-5-12-7-10)8-9-2-1-4-11-6-9/h3,5,7,9,11-13H,1-2,4,6,8H2. The van der Waals surface area contributed by atoms with Gasteiger partial charge in [-0.1, -0.05) is 0 Å². The molecule has 90 valence electrons. The van der Waals surface area contributed by atoms with Gasteiger partial charge in [-0.25, -0.2) is 8.42 Å². The van der Waals surface area contributed by atoms with Crippen LogP contribution in [0.1, 0.15) is 12.8 Å². The predicted octanol–water partition coefficient (Wildman–Crippen LogP) is 0.756. The van der Waals surface area contributed by atoms with E-state index in [1.54, 1.807) is 18.5 Å². The summed E-state index contributed by atoms with van der Waals surface area (Å²) in [6.07, 6.45) is 5.38. The normalized spacial score (nSPS) is 21.9. The molecule has 1 aliphatic rings. The van der Waals surface area contributed by atoms with Gasteiger partial charge < -0.3 is 10.3 Å². The zero-order valence-electron chi connectivity index (χ0n) is 9.07. The van der Waals surface area contributed by atoms with Crippen molar-refractivity contribution in [2.75, 3.05) is 23.6 Å². The Kier molecular flexibility index (Phi) is 3.50. The molecule has 6 heteroatoms. The molecule has 16 heavy (non-hydrogen) atoms. The summed E-state index contributed by atoms with van der Waals surface area (Å²) in [6, 6.07) is 1.71. The molecule has 5 nitrogen and oxygen atoms in total. The van der Waals surface area contributed by atoms with Gasteiger partial charge in [0.05, 0.1) is 11.4 Å². The van der Waals surface area contributed by atoms with Crippen molar-refractivity contribution in [3.05, 3.63) is 18.5 Å². The van der Waals surface area contributed by atoms with Gasteiger partial charge in [-0.05, 0) is 37.9 Å². The largest absolute Gasteiger partial charge is 0.366 e. The molecule has 3 N–H and O–H groups in total. The summed E-state index contributed by atoms with van der Waals surface area (Å²) < 4.78 is 26.2. The van der Waals surface area contributed by atoms with E-state index in [0.717, 1.165) is 25.9 Å². The molecule has 1 saturated heterocycles. The van der Waals surface area contributed by atoms with E-state index in [-0.39, 0.29) is 11.7 Å². The van der Waals surface area contributed by atoms with E-state index in [4.69, 9.17) is 0 Å². The lowest BCUT2D eigenvalue weighted by Gasteiger charge is -2.22. The van der Waals surface area contributed by atoms with Crippen molar-refractivity contribution in [3.63, 3.8) is 0 Å². The van der Waals surface area contributed by atoms with Crippen molar-refractivity contribution in [1.82, 2.24) is 10.3 Å². The molecular formula is C10H17N3O2S. The molecule has 2 rings (SSSR count). The molecule has 0 bridgehead atoms. The highest BCUT2D eigenvalue weighted by molar-refractivity contribution is 7.92. The molecule has 1 fully saturated rings. The van der Waals surface area contributed by atoms with Crippen LogP contribution in [0.5, 0.6) is 0 Å². The molecule has 1 unspecified atom stereocenters. The molecule has 0 spiro atoms. The minimum atomic E-state index is -3.21. The highest BCUT2D eigenvalue weighted by Gasteiger charge is 2.21. The molecular weight excluding hydrogens is 226 g/mol. The van der Waals surface area contributed by atoms with E-state index >= 15 is 0 Å². The minimum Gasteiger partial charge on any atom is -0.366 e. The number of aromatic amines is 1. The summed E-state index contributed by atoms with van der Waals surface area (Å²) in [6.45, 7) is 1.80. The summed E-state index contributed by atoms with van der Waals surface area (Å²) in [7, 11) is -3.21. The molecule has 0 aromatic carbocycles. The second-order valence-corrected chi connectivity index (χ2v) is 5.96. The van der Waals surface area contributed by atoms with E-state index in [1.807, 2.05) is 0 Å². The van der Waals surface area contributed by atoms with Crippen molar-refractivity contribution >= 4 is 15.7 Å². The summed E-state index contributed by atoms with van der Waals surface area (Å²) in [5.74, 6) is 0.427. The first kappa shape index (κ1) is 11.5. The summed E-state index contributed by atoms with van der Waals surface area (Å²) in [5.41, 5.74) is 0.601. The lowest BCUT2D eigenvalue weighted by molar-refractivity contribution is 0.404. The smallest absolute Gasteiger partial charge is 0.233 e. The highest BCUT2D eigenvalue weighted by Crippen LogP contribution is 2.14. The lowest BCUT2D eigenvalue weighted by atomic mass is 10.0. The summed E-state index contributed by atoms with van der Waals surface area (Å²) in [5, 5.41) is 3.22. The number of sulfonamides is 1. The average Bonchev–Trinajstić information content (AvgIpc) is 2.70. The van der Waals surface area contributed by atoms with Crippen LogP contribution in [0.3, 0.4) is 0 Å². The average molecular weight is 243 g/mol. The first-order chi connectivity index (χ1) is 7.66. The third-order valence-corrected chi connectivity index (χ3v) is 4.18. The molecule has 0 radical (unpaired) electrons. The Morgan fingerprint density at radius 2 is 2.38 bits per heavy atom. The molecule has 1 atom stereocenters.